The average Bonchev–Trinajstić information content (AvgIpc) is 2.33. The molecular formula is C7H6N2. The molecule has 2 rings (SSSR count). The Morgan fingerprint density at radius 2 is 2.44 bits per heavy atom. The van der Waals surface area contributed by atoms with Gasteiger partial charge in [0.05, 0.1) is 11.4 Å². The lowest BCUT2D eigenvalue weighted by Gasteiger charge is -1.99. The molecule has 0 atom stereocenters. The molecule has 0 radical (unpaired) electrons. The van der Waals surface area contributed by atoms with Crippen LogP contribution in [0.25, 0.3) is 0 Å². The highest BCUT2D eigenvalue weighted by Crippen LogP contribution is 2.13. The minimum Gasteiger partial charge on any atom is -0.239 e. The van der Waals surface area contributed by atoms with E-state index in [1.54, 1.807) is 6.34 Å². The fourth-order valence-electron chi connectivity index (χ4n) is 0.937. The third kappa shape index (κ3) is 0.633. The van der Waals surface area contributed by atoms with Crippen molar-refractivity contribution in [2.24, 2.45) is 9.98 Å². The Labute approximate surface area is 53.3 Å². The van der Waals surface area contributed by atoms with Crippen molar-refractivity contribution in [2.75, 3.05) is 0 Å². The van der Waals surface area contributed by atoms with Crippen LogP contribution in [0.4, 0.5) is 0 Å². The van der Waals surface area contributed by atoms with Crippen molar-refractivity contribution in [1.29, 1.82) is 0 Å². The molecule has 9 heavy (non-hydrogen) atoms. The first-order chi connectivity index (χ1) is 4.47. The van der Waals surface area contributed by atoms with Gasteiger partial charge in [-0.05, 0) is 6.08 Å². The van der Waals surface area contributed by atoms with E-state index in [0.717, 1.165) is 17.8 Å². The quantitative estimate of drug-likeness (QED) is 0.458. The number of rotatable bonds is 0. The Morgan fingerprint density at radius 1 is 1.44 bits per heavy atom. The second-order valence-corrected chi connectivity index (χ2v) is 2.00. The van der Waals surface area contributed by atoms with E-state index in [0.29, 0.717) is 0 Å². The minimum atomic E-state index is 0.936. The Hall–Kier alpha value is -1.18. The van der Waals surface area contributed by atoms with E-state index in [1.807, 2.05) is 12.2 Å². The number of fused-ring (bicyclic) bond motifs is 1. The van der Waals surface area contributed by atoms with Gasteiger partial charge in [0.15, 0.2) is 0 Å². The van der Waals surface area contributed by atoms with Gasteiger partial charge in [0.1, 0.15) is 6.34 Å². The van der Waals surface area contributed by atoms with Crippen LogP contribution in [0.2, 0.25) is 0 Å². The average molecular weight is 118 g/mol. The molecule has 2 aliphatic rings. The molecule has 1 heterocycles. The van der Waals surface area contributed by atoms with Gasteiger partial charge in [-0.1, -0.05) is 12.2 Å². The van der Waals surface area contributed by atoms with E-state index in [1.165, 1.54) is 0 Å². The lowest BCUT2D eigenvalue weighted by atomic mass is 10.1. The summed E-state index contributed by atoms with van der Waals surface area (Å²) >= 11 is 0. The summed E-state index contributed by atoms with van der Waals surface area (Å²) in [5, 5.41) is 0. The highest BCUT2D eigenvalue weighted by Gasteiger charge is 2.09. The van der Waals surface area contributed by atoms with Crippen molar-refractivity contribution in [1.82, 2.24) is 0 Å². The molecule has 44 valence electrons. The molecule has 0 bridgehead atoms. The summed E-state index contributed by atoms with van der Waals surface area (Å²) in [6.45, 7) is 0. The Kier molecular flexibility index (Phi) is 0.859. The standard InChI is InChI=1S/C7H6N2/c1-2-4-7-6(3-1)8-5-9-7/h1-3,5H,4H2. The van der Waals surface area contributed by atoms with Crippen LogP contribution in [0.5, 0.6) is 0 Å². The minimum absolute atomic E-state index is 0.936. The summed E-state index contributed by atoms with van der Waals surface area (Å²) in [5.74, 6) is 0. The molecule has 0 N–H and O–H groups in total. The number of aliphatic imine (C=N–C) groups is 2. The molecule has 0 amide bonds. The van der Waals surface area contributed by atoms with Gasteiger partial charge in [0.25, 0.3) is 0 Å². The van der Waals surface area contributed by atoms with Gasteiger partial charge in [0.2, 0.25) is 0 Å². The predicted octanol–water partition coefficient (Wildman–Crippen LogP) is 1.31. The van der Waals surface area contributed by atoms with Crippen LogP contribution in [0.3, 0.4) is 0 Å². The van der Waals surface area contributed by atoms with Crippen LogP contribution in [0.15, 0.2) is 33.9 Å². The number of hydrogen-bond donors (Lipinski definition) is 0. The first-order valence-corrected chi connectivity index (χ1v) is 2.93. The molecule has 0 aromatic rings. The molecule has 0 unspecified atom stereocenters. The molecule has 1 aliphatic heterocycles. The van der Waals surface area contributed by atoms with Crippen LogP contribution in [-0.2, 0) is 0 Å². The van der Waals surface area contributed by atoms with E-state index in [9.17, 15) is 0 Å². The second-order valence-electron chi connectivity index (χ2n) is 2.00. The first kappa shape index (κ1) is 4.68. The summed E-state index contributed by atoms with van der Waals surface area (Å²) in [6.07, 6.45) is 8.61. The first-order valence-electron chi connectivity index (χ1n) is 2.93. The van der Waals surface area contributed by atoms with Crippen LogP contribution < -0.4 is 0 Å². The fourth-order valence-corrected chi connectivity index (χ4v) is 0.937. The smallest absolute Gasteiger partial charge is 0.116 e. The summed E-state index contributed by atoms with van der Waals surface area (Å²) in [7, 11) is 0. The molecule has 2 heteroatoms. The highest BCUT2D eigenvalue weighted by atomic mass is 15.0. The van der Waals surface area contributed by atoms with Crippen molar-refractivity contribution < 1.29 is 0 Å². The number of nitrogens with zero attached hydrogens (tertiary/aromatic N) is 2. The highest BCUT2D eigenvalue weighted by molar-refractivity contribution is 6.09. The van der Waals surface area contributed by atoms with E-state index in [4.69, 9.17) is 0 Å². The summed E-state index contributed by atoms with van der Waals surface area (Å²) in [6, 6.07) is 0. The molecule has 0 saturated carbocycles. The predicted molar refractivity (Wildman–Crippen MR) is 37.8 cm³/mol. The lowest BCUT2D eigenvalue weighted by Crippen LogP contribution is -1.97. The van der Waals surface area contributed by atoms with Crippen LogP contribution in [0, 0.1) is 0 Å². The SMILES string of the molecule is C1=CCC2=NC=NC2=C1. The van der Waals surface area contributed by atoms with Gasteiger partial charge in [-0.25, -0.2) is 9.98 Å². The van der Waals surface area contributed by atoms with Gasteiger partial charge in [-0.15, -0.1) is 0 Å². The van der Waals surface area contributed by atoms with Crippen molar-refractivity contribution in [3.63, 3.8) is 0 Å². The monoisotopic (exact) mass is 118 g/mol. The maximum Gasteiger partial charge on any atom is 0.116 e. The molecule has 0 fully saturated rings. The molecule has 0 aromatic heterocycles. The molecular weight excluding hydrogens is 112 g/mol. The van der Waals surface area contributed by atoms with Gasteiger partial charge < -0.3 is 0 Å². The summed E-state index contributed by atoms with van der Waals surface area (Å²) in [4.78, 5) is 8.10. The molecule has 0 aromatic carbocycles. The maximum absolute atomic E-state index is 4.06. The van der Waals surface area contributed by atoms with Crippen LogP contribution in [-0.4, -0.2) is 12.1 Å². The van der Waals surface area contributed by atoms with Crippen LogP contribution in [0.1, 0.15) is 6.42 Å². The van der Waals surface area contributed by atoms with Crippen molar-refractivity contribution in [3.8, 4) is 0 Å². The normalized spacial score (nSPS) is 21.3. The maximum atomic E-state index is 4.06. The van der Waals surface area contributed by atoms with Gasteiger partial charge in [-0.2, -0.15) is 0 Å². The van der Waals surface area contributed by atoms with Crippen molar-refractivity contribution in [2.45, 2.75) is 6.42 Å². The fraction of sp³-hybridized carbons (Fsp3) is 0.143. The Morgan fingerprint density at radius 3 is 3.33 bits per heavy atom. The van der Waals surface area contributed by atoms with Crippen molar-refractivity contribution in [3.05, 3.63) is 23.9 Å². The number of hydrogen-bond acceptors (Lipinski definition) is 2. The van der Waals surface area contributed by atoms with E-state index in [2.05, 4.69) is 16.1 Å². The molecule has 0 spiro atoms. The van der Waals surface area contributed by atoms with E-state index < -0.39 is 0 Å². The topological polar surface area (TPSA) is 24.7 Å². The zero-order valence-corrected chi connectivity index (χ0v) is 4.91. The Bertz CT molecular complexity index is 244. The third-order valence-electron chi connectivity index (χ3n) is 1.41. The lowest BCUT2D eigenvalue weighted by molar-refractivity contribution is 1.37. The number of allylic oxidation sites excluding steroid dienone is 4. The van der Waals surface area contributed by atoms with E-state index >= 15 is 0 Å². The molecule has 0 saturated heterocycles. The Balaban J connectivity index is 2.46. The largest absolute Gasteiger partial charge is 0.239 e. The second kappa shape index (κ2) is 1.65. The summed E-state index contributed by atoms with van der Waals surface area (Å²) in [5.41, 5.74) is 2.12. The van der Waals surface area contributed by atoms with Crippen LogP contribution >= 0.6 is 0 Å². The van der Waals surface area contributed by atoms with Gasteiger partial charge >= 0.3 is 0 Å². The third-order valence-corrected chi connectivity index (χ3v) is 1.41. The summed E-state index contributed by atoms with van der Waals surface area (Å²) < 4.78 is 0. The molecule has 1 aliphatic carbocycles. The zero-order valence-electron chi connectivity index (χ0n) is 4.91. The van der Waals surface area contributed by atoms with Crippen molar-refractivity contribution >= 4 is 12.1 Å². The molecule has 2 nitrogen and oxygen atoms in total. The van der Waals surface area contributed by atoms with E-state index in [-0.39, 0.29) is 0 Å². The zero-order chi connectivity index (χ0) is 6.10. The van der Waals surface area contributed by atoms with Gasteiger partial charge in [0, 0.05) is 6.42 Å². The van der Waals surface area contributed by atoms with Gasteiger partial charge in [-0.3, -0.25) is 0 Å².